The molecule has 1 atom stereocenters. The van der Waals surface area contributed by atoms with Crippen LogP contribution in [0.15, 0.2) is 30.3 Å². The Bertz CT molecular complexity index is 425. The van der Waals surface area contributed by atoms with E-state index in [9.17, 15) is 0 Å². The van der Waals surface area contributed by atoms with Gasteiger partial charge in [-0.3, -0.25) is 0 Å². The molecule has 4 nitrogen and oxygen atoms in total. The first-order valence-electron chi connectivity index (χ1n) is 6.70. The van der Waals surface area contributed by atoms with Crippen molar-refractivity contribution in [1.82, 2.24) is 0 Å². The highest BCUT2D eigenvalue weighted by Crippen LogP contribution is 2.21. The molecule has 0 aliphatic rings. The molecular weight excluding hydrogens is 304 g/mol. The van der Waals surface area contributed by atoms with Crippen LogP contribution in [0.5, 0.6) is 0 Å². The minimum atomic E-state index is -2.44. The Morgan fingerprint density at radius 2 is 1.25 bits per heavy atom. The number of hydrogen-bond acceptors (Lipinski definition) is 4. The van der Waals surface area contributed by atoms with Gasteiger partial charge in [-0.05, 0) is 37.9 Å². The third kappa shape index (κ3) is 4.92. The molecule has 0 saturated heterocycles. The molecule has 0 amide bonds. The van der Waals surface area contributed by atoms with Gasteiger partial charge in [-0.1, -0.05) is 30.3 Å². The van der Waals surface area contributed by atoms with Gasteiger partial charge in [0.25, 0.3) is 0 Å². The third-order valence-corrected chi connectivity index (χ3v) is 13.7. The number of benzene rings is 1. The van der Waals surface area contributed by atoms with E-state index in [-0.39, 0.29) is 0 Å². The quantitative estimate of drug-likeness (QED) is 0.720. The predicted octanol–water partition coefficient (Wildman–Crippen LogP) is 2.70. The van der Waals surface area contributed by atoms with E-state index < -0.39 is 25.7 Å². The van der Waals surface area contributed by atoms with Gasteiger partial charge in [-0.15, -0.1) is 0 Å². The summed E-state index contributed by atoms with van der Waals surface area (Å²) in [5.41, 5.74) is 0. The highest BCUT2D eigenvalue weighted by molar-refractivity contribution is 6.90. The molecule has 0 N–H and O–H groups in total. The van der Waals surface area contributed by atoms with Crippen LogP contribution in [0.4, 0.5) is 0 Å². The fourth-order valence-electron chi connectivity index (χ4n) is 2.08. The fraction of sp³-hybridized carbons (Fsp3) is 0.538. The van der Waals surface area contributed by atoms with Crippen LogP contribution < -0.4 is 5.19 Å². The first-order chi connectivity index (χ1) is 9.14. The van der Waals surface area contributed by atoms with Gasteiger partial charge in [0.15, 0.2) is 0 Å². The van der Waals surface area contributed by atoms with Gasteiger partial charge in [0.1, 0.15) is 0 Å². The van der Waals surface area contributed by atoms with E-state index in [1.54, 1.807) is 14.2 Å². The van der Waals surface area contributed by atoms with E-state index in [1.165, 1.54) is 0 Å². The summed E-state index contributed by atoms with van der Waals surface area (Å²) in [6, 6.07) is 10.1. The summed E-state index contributed by atoms with van der Waals surface area (Å²) in [6.07, 6.45) is 0. The third-order valence-electron chi connectivity index (χ3n) is 3.11. The second-order valence-corrected chi connectivity index (χ2v) is 16.2. The Kier molecular flexibility index (Phi) is 5.90. The second kappa shape index (κ2) is 6.65. The van der Waals surface area contributed by atoms with Crippen molar-refractivity contribution in [1.29, 1.82) is 0 Å². The van der Waals surface area contributed by atoms with Crippen molar-refractivity contribution in [3.63, 3.8) is 0 Å². The van der Waals surface area contributed by atoms with Crippen molar-refractivity contribution in [2.24, 2.45) is 0 Å². The Morgan fingerprint density at radius 1 is 0.700 bits per heavy atom. The summed E-state index contributed by atoms with van der Waals surface area (Å²) >= 11 is 0. The molecular formula is C13H26O4Si3. The average molecular weight is 331 g/mol. The van der Waals surface area contributed by atoms with Crippen LogP contribution in [-0.4, -0.2) is 39.9 Å². The molecule has 0 saturated carbocycles. The van der Waals surface area contributed by atoms with Crippen LogP contribution >= 0.6 is 0 Å². The zero-order chi connectivity index (χ0) is 15.4. The van der Waals surface area contributed by atoms with E-state index in [1.807, 2.05) is 44.4 Å². The van der Waals surface area contributed by atoms with Gasteiger partial charge in [-0.2, -0.15) is 0 Å². The predicted molar refractivity (Wildman–Crippen MR) is 88.8 cm³/mol. The van der Waals surface area contributed by atoms with E-state index in [2.05, 4.69) is 18.7 Å². The highest BCUT2D eigenvalue weighted by Gasteiger charge is 2.44. The summed E-state index contributed by atoms with van der Waals surface area (Å²) in [5, 5.41) is 1.11. The molecule has 1 unspecified atom stereocenters. The minimum Gasteiger partial charge on any atom is -0.415 e. The van der Waals surface area contributed by atoms with Crippen LogP contribution in [0, 0.1) is 0 Å². The molecule has 0 aliphatic carbocycles. The molecule has 1 rings (SSSR count). The molecule has 0 spiro atoms. The smallest absolute Gasteiger partial charge is 0.360 e. The maximum atomic E-state index is 6.39. The summed E-state index contributed by atoms with van der Waals surface area (Å²) < 4.78 is 23.8. The molecule has 0 radical (unpaired) electrons. The van der Waals surface area contributed by atoms with E-state index >= 15 is 0 Å². The molecule has 0 aliphatic heterocycles. The lowest BCUT2D eigenvalue weighted by Crippen LogP contribution is -2.60. The van der Waals surface area contributed by atoms with Crippen molar-refractivity contribution in [3.05, 3.63) is 30.3 Å². The maximum absolute atomic E-state index is 6.39. The van der Waals surface area contributed by atoms with Crippen molar-refractivity contribution in [3.8, 4) is 0 Å². The van der Waals surface area contributed by atoms with Crippen molar-refractivity contribution < 1.29 is 17.1 Å². The largest absolute Gasteiger partial charge is 0.415 e. The highest BCUT2D eigenvalue weighted by atomic mass is 28.5. The van der Waals surface area contributed by atoms with Gasteiger partial charge >= 0.3 is 25.7 Å². The lowest BCUT2D eigenvalue weighted by atomic mass is 10.4. The van der Waals surface area contributed by atoms with Gasteiger partial charge < -0.3 is 17.1 Å². The topological polar surface area (TPSA) is 36.9 Å². The van der Waals surface area contributed by atoms with Crippen LogP contribution in [0.3, 0.4) is 0 Å². The zero-order valence-electron chi connectivity index (χ0n) is 13.5. The van der Waals surface area contributed by atoms with E-state index in [0.29, 0.717) is 0 Å². The minimum absolute atomic E-state index is 1.11. The van der Waals surface area contributed by atoms with Gasteiger partial charge in [-0.25, -0.2) is 0 Å². The van der Waals surface area contributed by atoms with Gasteiger partial charge in [0.2, 0.25) is 0 Å². The molecule has 0 bridgehead atoms. The molecule has 0 aromatic heterocycles. The summed E-state index contributed by atoms with van der Waals surface area (Å²) in [6.45, 7) is 10.2. The molecule has 1 aromatic carbocycles. The Morgan fingerprint density at radius 3 is 1.70 bits per heavy atom. The monoisotopic (exact) mass is 330 g/mol. The standard InChI is InChI=1S/C13H26O4Si3/c1-14-18(3,4)16-19(5,6)17-20(7,15-2)13-11-9-8-10-12-13/h8-12H,1-7H3. The molecule has 20 heavy (non-hydrogen) atoms. The molecule has 114 valence electrons. The molecule has 7 heteroatoms. The first-order valence-corrected chi connectivity index (χ1v) is 14.7. The van der Waals surface area contributed by atoms with E-state index in [0.717, 1.165) is 5.19 Å². The SMILES string of the molecule is CO[Si](C)(C)O[Si](C)(C)O[Si](C)(OC)c1ccccc1. The summed E-state index contributed by atoms with van der Waals surface area (Å²) in [7, 11) is -3.49. The van der Waals surface area contributed by atoms with Crippen LogP contribution in [0.2, 0.25) is 32.7 Å². The average Bonchev–Trinajstić information content (AvgIpc) is 2.38. The Labute approximate surface area is 125 Å². The first kappa shape index (κ1) is 17.8. The maximum Gasteiger partial charge on any atom is 0.360 e. The normalized spacial score (nSPS) is 15.9. The van der Waals surface area contributed by atoms with E-state index in [4.69, 9.17) is 17.1 Å². The van der Waals surface area contributed by atoms with Crippen LogP contribution in [0.1, 0.15) is 0 Å². The summed E-state index contributed by atoms with van der Waals surface area (Å²) in [4.78, 5) is 0. The number of hydrogen-bond donors (Lipinski definition) is 0. The lowest BCUT2D eigenvalue weighted by Gasteiger charge is -2.38. The second-order valence-electron chi connectivity index (χ2n) is 5.72. The molecule has 0 heterocycles. The zero-order valence-corrected chi connectivity index (χ0v) is 16.5. The molecule has 1 aromatic rings. The molecule has 0 fully saturated rings. The van der Waals surface area contributed by atoms with Crippen LogP contribution in [-0.2, 0) is 17.1 Å². The van der Waals surface area contributed by atoms with Crippen molar-refractivity contribution >= 4 is 30.9 Å². The van der Waals surface area contributed by atoms with Crippen LogP contribution in [0.25, 0.3) is 0 Å². The lowest BCUT2D eigenvalue weighted by molar-refractivity contribution is 0.252. The Balaban J connectivity index is 2.92. The number of rotatable bonds is 7. The Hall–Kier alpha value is -0.289. The summed E-state index contributed by atoms with van der Waals surface area (Å²) in [5.74, 6) is 0. The fourth-order valence-corrected chi connectivity index (χ4v) is 13.3. The van der Waals surface area contributed by atoms with Gasteiger partial charge in [0.05, 0.1) is 0 Å². The van der Waals surface area contributed by atoms with Crippen molar-refractivity contribution in [2.75, 3.05) is 14.2 Å². The van der Waals surface area contributed by atoms with Crippen molar-refractivity contribution in [2.45, 2.75) is 32.7 Å². The van der Waals surface area contributed by atoms with Gasteiger partial charge in [0, 0.05) is 14.2 Å².